The number of benzene rings is 1. The molecule has 22 heavy (non-hydrogen) atoms. The molecule has 8 heteroatoms. The average molecular weight is 345 g/mol. The third-order valence-corrected chi connectivity index (χ3v) is 5.52. The van der Waals surface area contributed by atoms with Gasteiger partial charge in [0.05, 0.1) is 5.92 Å². The number of amides is 1. The fraction of sp³-hybridized carbons (Fsp3) is 0.214. The molecule has 1 atom stereocenters. The van der Waals surface area contributed by atoms with Crippen molar-refractivity contribution in [2.45, 2.75) is 24.7 Å². The number of rotatable bonds is 4. The van der Waals surface area contributed by atoms with Gasteiger partial charge in [-0.15, -0.1) is 11.3 Å². The summed E-state index contributed by atoms with van der Waals surface area (Å²) in [4.78, 5) is 11.8. The molecule has 1 aromatic heterocycles. The Labute approximate surface area is 130 Å². The molecule has 1 N–H and O–H groups in total. The second-order valence-corrected chi connectivity index (χ2v) is 7.37. The fourth-order valence-electron chi connectivity index (χ4n) is 1.78. The molecule has 0 unspecified atom stereocenters. The predicted molar refractivity (Wildman–Crippen MR) is 79.2 cm³/mol. The van der Waals surface area contributed by atoms with E-state index in [9.17, 15) is 22.0 Å². The van der Waals surface area contributed by atoms with Crippen LogP contribution >= 0.6 is 11.3 Å². The quantitative estimate of drug-likeness (QED) is 0.927. The number of aryl methyl sites for hydroxylation is 1. The highest BCUT2D eigenvalue weighted by Crippen LogP contribution is 2.23. The van der Waals surface area contributed by atoms with Crippen LogP contribution in [0.1, 0.15) is 23.3 Å². The highest BCUT2D eigenvalue weighted by Gasteiger charge is 2.26. The first-order valence-electron chi connectivity index (χ1n) is 6.28. The molecule has 0 aliphatic carbocycles. The zero-order valence-corrected chi connectivity index (χ0v) is 13.4. The molecule has 0 fully saturated rings. The Kier molecular flexibility index (Phi) is 4.62. The van der Waals surface area contributed by atoms with E-state index in [1.807, 2.05) is 0 Å². The minimum Gasteiger partial charge on any atom is -0.273 e. The van der Waals surface area contributed by atoms with Gasteiger partial charge in [-0.1, -0.05) is 6.07 Å². The summed E-state index contributed by atoms with van der Waals surface area (Å²) in [6.07, 6.45) is 0. The molecule has 2 rings (SSSR count). The molecule has 1 heterocycles. The topological polar surface area (TPSA) is 63.2 Å². The summed E-state index contributed by atoms with van der Waals surface area (Å²) in [5, 5.41) is 1.75. The number of sulfonamides is 1. The maximum absolute atomic E-state index is 13.8. The largest absolute Gasteiger partial charge is 0.273 e. The van der Waals surface area contributed by atoms with Crippen LogP contribution in [-0.2, 0) is 14.8 Å². The van der Waals surface area contributed by atoms with Crippen molar-refractivity contribution >= 4 is 27.3 Å². The molecule has 0 aliphatic rings. The minimum absolute atomic E-state index is 0.0188. The summed E-state index contributed by atoms with van der Waals surface area (Å²) in [6, 6.07) is 4.76. The number of hydrogen-bond acceptors (Lipinski definition) is 4. The molecule has 2 aromatic rings. The van der Waals surface area contributed by atoms with Gasteiger partial charge in [-0.2, -0.15) is 0 Å². The van der Waals surface area contributed by atoms with E-state index in [1.165, 1.54) is 25.2 Å². The molecule has 0 spiro atoms. The van der Waals surface area contributed by atoms with Gasteiger partial charge in [-0.05, 0) is 43.0 Å². The second-order valence-electron chi connectivity index (χ2n) is 4.74. The van der Waals surface area contributed by atoms with Crippen molar-refractivity contribution in [1.29, 1.82) is 0 Å². The lowest BCUT2D eigenvalue weighted by Gasteiger charge is -2.12. The second kappa shape index (κ2) is 6.13. The summed E-state index contributed by atoms with van der Waals surface area (Å²) in [6.45, 7) is 2.84. The summed E-state index contributed by atoms with van der Waals surface area (Å²) >= 11 is 1.30. The molecule has 0 bridgehead atoms. The van der Waals surface area contributed by atoms with Crippen molar-refractivity contribution < 1.29 is 22.0 Å². The highest BCUT2D eigenvalue weighted by atomic mass is 32.2. The van der Waals surface area contributed by atoms with Crippen molar-refractivity contribution in [3.05, 3.63) is 51.7 Å². The standard InChI is InChI=1S/C14H13F2NO3S2/c1-8-6-11(16)13(7-10(8)15)22(19,20)17-14(18)9(2)12-4-3-5-21-12/h3-7,9H,1-2H3,(H,17,18)/t9-/m1/s1. The molecular formula is C14H13F2NO3S2. The lowest BCUT2D eigenvalue weighted by atomic mass is 10.1. The predicted octanol–water partition coefficient (Wildman–Crippen LogP) is 2.94. The average Bonchev–Trinajstić information content (AvgIpc) is 2.95. The molecule has 0 aliphatic heterocycles. The monoisotopic (exact) mass is 345 g/mol. The molecule has 118 valence electrons. The Morgan fingerprint density at radius 3 is 2.55 bits per heavy atom. The van der Waals surface area contributed by atoms with Crippen molar-refractivity contribution in [2.24, 2.45) is 0 Å². The third kappa shape index (κ3) is 3.33. The van der Waals surface area contributed by atoms with Gasteiger partial charge in [0.1, 0.15) is 16.5 Å². The van der Waals surface area contributed by atoms with Gasteiger partial charge in [-0.25, -0.2) is 21.9 Å². The van der Waals surface area contributed by atoms with Crippen LogP contribution in [-0.4, -0.2) is 14.3 Å². The number of carbonyl (C=O) groups excluding carboxylic acids is 1. The Morgan fingerprint density at radius 2 is 1.95 bits per heavy atom. The van der Waals surface area contributed by atoms with Crippen LogP contribution in [0.3, 0.4) is 0 Å². The molecular weight excluding hydrogens is 332 g/mol. The minimum atomic E-state index is -4.48. The van der Waals surface area contributed by atoms with Crippen molar-refractivity contribution in [3.63, 3.8) is 0 Å². The first-order valence-corrected chi connectivity index (χ1v) is 8.64. The first-order chi connectivity index (χ1) is 10.2. The Hall–Kier alpha value is -1.80. The van der Waals surface area contributed by atoms with Crippen LogP contribution in [0, 0.1) is 18.6 Å². The molecule has 0 saturated heterocycles. The van der Waals surface area contributed by atoms with E-state index >= 15 is 0 Å². The highest BCUT2D eigenvalue weighted by molar-refractivity contribution is 7.90. The lowest BCUT2D eigenvalue weighted by molar-refractivity contribution is -0.120. The molecule has 1 aromatic carbocycles. The number of halogens is 2. The van der Waals surface area contributed by atoms with E-state index < -0.39 is 38.4 Å². The van der Waals surface area contributed by atoms with Gasteiger partial charge >= 0.3 is 0 Å². The SMILES string of the molecule is Cc1cc(F)c(S(=O)(=O)NC(=O)[C@H](C)c2cccs2)cc1F. The number of hydrogen-bond donors (Lipinski definition) is 1. The Balaban J connectivity index is 2.28. The summed E-state index contributed by atoms with van der Waals surface area (Å²) in [5.41, 5.74) is -0.0188. The van der Waals surface area contributed by atoms with E-state index in [4.69, 9.17) is 0 Å². The summed E-state index contributed by atoms with van der Waals surface area (Å²) in [7, 11) is -4.48. The third-order valence-electron chi connectivity index (χ3n) is 3.10. The van der Waals surface area contributed by atoms with Crippen molar-refractivity contribution in [2.75, 3.05) is 0 Å². The number of carbonyl (C=O) groups is 1. The zero-order valence-electron chi connectivity index (χ0n) is 11.8. The summed E-state index contributed by atoms with van der Waals surface area (Å²) in [5.74, 6) is -3.49. The molecule has 1 amide bonds. The normalized spacial score (nSPS) is 12.9. The van der Waals surface area contributed by atoms with Crippen LogP contribution in [0.2, 0.25) is 0 Å². The van der Waals surface area contributed by atoms with Crippen LogP contribution in [0.5, 0.6) is 0 Å². The zero-order chi connectivity index (χ0) is 16.5. The van der Waals surface area contributed by atoms with Gasteiger partial charge in [-0.3, -0.25) is 4.79 Å². The van der Waals surface area contributed by atoms with Gasteiger partial charge < -0.3 is 0 Å². The van der Waals surface area contributed by atoms with E-state index in [2.05, 4.69) is 0 Å². The van der Waals surface area contributed by atoms with Crippen LogP contribution in [0.25, 0.3) is 0 Å². The Bertz CT molecular complexity index is 802. The van der Waals surface area contributed by atoms with E-state index in [0.717, 1.165) is 6.07 Å². The van der Waals surface area contributed by atoms with Crippen LogP contribution < -0.4 is 4.72 Å². The van der Waals surface area contributed by atoms with E-state index in [1.54, 1.807) is 22.2 Å². The van der Waals surface area contributed by atoms with E-state index in [0.29, 0.717) is 10.9 Å². The maximum atomic E-state index is 13.8. The summed E-state index contributed by atoms with van der Waals surface area (Å²) < 4.78 is 53.1. The smallest absolute Gasteiger partial charge is 0.267 e. The molecule has 0 saturated carbocycles. The van der Waals surface area contributed by atoms with Crippen LogP contribution in [0.15, 0.2) is 34.5 Å². The van der Waals surface area contributed by atoms with E-state index in [-0.39, 0.29) is 5.56 Å². The van der Waals surface area contributed by atoms with Gasteiger partial charge in [0.2, 0.25) is 5.91 Å². The number of nitrogens with one attached hydrogen (secondary N) is 1. The van der Waals surface area contributed by atoms with Gasteiger partial charge in [0, 0.05) is 4.88 Å². The number of thiophene rings is 1. The van der Waals surface area contributed by atoms with Gasteiger partial charge in [0.25, 0.3) is 10.0 Å². The molecule has 4 nitrogen and oxygen atoms in total. The van der Waals surface area contributed by atoms with Crippen molar-refractivity contribution in [3.8, 4) is 0 Å². The van der Waals surface area contributed by atoms with Crippen LogP contribution in [0.4, 0.5) is 8.78 Å². The fourth-order valence-corrected chi connectivity index (χ4v) is 3.69. The lowest BCUT2D eigenvalue weighted by Crippen LogP contribution is -2.34. The van der Waals surface area contributed by atoms with Gasteiger partial charge in [0.15, 0.2) is 0 Å². The first kappa shape index (κ1) is 16.6. The maximum Gasteiger partial charge on any atom is 0.267 e. The Morgan fingerprint density at radius 1 is 1.27 bits per heavy atom. The van der Waals surface area contributed by atoms with Crippen molar-refractivity contribution in [1.82, 2.24) is 4.72 Å². The molecule has 0 radical (unpaired) electrons.